The number of nitrogens with one attached hydrogen (secondary N) is 1. The van der Waals surface area contributed by atoms with Gasteiger partial charge in [-0.05, 0) is 6.92 Å². The van der Waals surface area contributed by atoms with Crippen LogP contribution in [-0.4, -0.2) is 22.7 Å². The second-order valence-corrected chi connectivity index (χ2v) is 4.13. The third-order valence-electron chi connectivity index (χ3n) is 2.40. The lowest BCUT2D eigenvalue weighted by Gasteiger charge is -2.07. The predicted octanol–water partition coefficient (Wildman–Crippen LogP) is 1.26. The molecule has 2 N–H and O–H groups in total. The van der Waals surface area contributed by atoms with Crippen LogP contribution in [0.25, 0.3) is 10.9 Å². The number of hydrogen-bond donors (Lipinski definition) is 2. The Morgan fingerprint density at radius 1 is 1.53 bits per heavy atom. The molecule has 0 saturated carbocycles. The number of aliphatic hydroxyl groups is 1. The molecule has 0 fully saturated rings. The largest absolute Gasteiger partial charge is 0.462 e. The second-order valence-electron chi connectivity index (χ2n) is 3.39. The minimum absolute atomic E-state index is 0.111. The summed E-state index contributed by atoms with van der Waals surface area (Å²) in [6, 6.07) is 0. The highest BCUT2D eigenvalue weighted by Crippen LogP contribution is 2.22. The van der Waals surface area contributed by atoms with Gasteiger partial charge in [-0.3, -0.25) is 4.79 Å². The number of rotatable bonds is 3. The molecule has 6 heteroatoms. The van der Waals surface area contributed by atoms with Crippen molar-refractivity contribution in [2.75, 3.05) is 6.61 Å². The number of aromatic amines is 1. The number of H-pyrrole nitrogens is 1. The first kappa shape index (κ1) is 11.8. The maximum Gasteiger partial charge on any atom is 0.344 e. The molecule has 17 heavy (non-hydrogen) atoms. The number of pyridine rings is 1. The summed E-state index contributed by atoms with van der Waals surface area (Å²) in [5, 5.41) is 13.5. The number of aliphatic hydroxyl groups excluding tert-OH is 1. The van der Waals surface area contributed by atoms with Crippen LogP contribution in [-0.2, 0) is 11.3 Å². The summed E-state index contributed by atoms with van der Waals surface area (Å²) in [5.74, 6) is -0.703. The third kappa shape index (κ3) is 1.96. The molecule has 0 unspecified atom stereocenters. The number of carbonyl (C=O) groups excluding carboxylic acids is 1. The van der Waals surface area contributed by atoms with E-state index in [1.165, 1.54) is 11.3 Å². The lowest BCUT2D eigenvalue weighted by atomic mass is 10.1. The fraction of sp³-hybridized carbons (Fsp3) is 0.273. The summed E-state index contributed by atoms with van der Waals surface area (Å²) >= 11 is 1.39. The molecule has 0 aromatic carbocycles. The van der Waals surface area contributed by atoms with Crippen molar-refractivity contribution in [1.29, 1.82) is 0 Å². The zero-order valence-corrected chi connectivity index (χ0v) is 9.97. The number of fused-ring (bicyclic) bond motifs is 1. The summed E-state index contributed by atoms with van der Waals surface area (Å²) in [6.45, 7) is 1.48. The summed E-state index contributed by atoms with van der Waals surface area (Å²) in [6.07, 6.45) is 0. The Morgan fingerprint density at radius 3 is 2.94 bits per heavy atom. The van der Waals surface area contributed by atoms with E-state index in [0.29, 0.717) is 16.5 Å². The van der Waals surface area contributed by atoms with Crippen LogP contribution in [0.5, 0.6) is 0 Å². The summed E-state index contributed by atoms with van der Waals surface area (Å²) in [7, 11) is 0. The first-order valence-electron chi connectivity index (χ1n) is 5.08. The molecule has 0 spiro atoms. The minimum atomic E-state index is -0.703. The van der Waals surface area contributed by atoms with Crippen LogP contribution in [0.1, 0.15) is 22.8 Å². The first-order valence-corrected chi connectivity index (χ1v) is 6.02. The Balaban J connectivity index is 2.72. The smallest absolute Gasteiger partial charge is 0.344 e. The van der Waals surface area contributed by atoms with E-state index < -0.39 is 11.5 Å². The van der Waals surface area contributed by atoms with Crippen molar-refractivity contribution in [2.45, 2.75) is 13.5 Å². The molecule has 5 nitrogen and oxygen atoms in total. The fourth-order valence-electron chi connectivity index (χ4n) is 1.67. The highest BCUT2D eigenvalue weighted by Gasteiger charge is 2.20. The zero-order valence-electron chi connectivity index (χ0n) is 9.15. The maximum absolute atomic E-state index is 11.8. The molecular weight excluding hydrogens is 242 g/mol. The lowest BCUT2D eigenvalue weighted by molar-refractivity contribution is 0.0521. The maximum atomic E-state index is 11.8. The lowest BCUT2D eigenvalue weighted by Crippen LogP contribution is -2.22. The average Bonchev–Trinajstić information content (AvgIpc) is 2.74. The molecule has 2 rings (SSSR count). The normalized spacial score (nSPS) is 10.7. The molecule has 0 radical (unpaired) electrons. The Bertz CT molecular complexity index is 613. The van der Waals surface area contributed by atoms with Crippen LogP contribution in [0.3, 0.4) is 0 Å². The van der Waals surface area contributed by atoms with E-state index in [2.05, 4.69) is 4.98 Å². The van der Waals surface area contributed by atoms with Crippen molar-refractivity contribution in [1.82, 2.24) is 4.98 Å². The molecule has 0 saturated heterocycles. The van der Waals surface area contributed by atoms with Crippen LogP contribution in [0.15, 0.2) is 15.6 Å². The number of thiophene rings is 1. The highest BCUT2D eigenvalue weighted by atomic mass is 32.1. The quantitative estimate of drug-likeness (QED) is 0.807. The van der Waals surface area contributed by atoms with Gasteiger partial charge in [-0.15, -0.1) is 11.3 Å². The van der Waals surface area contributed by atoms with Crippen LogP contribution in [0, 0.1) is 0 Å². The monoisotopic (exact) mass is 253 g/mol. The Kier molecular flexibility index (Phi) is 3.26. The minimum Gasteiger partial charge on any atom is -0.462 e. The number of ether oxygens (including phenoxy) is 1. The number of hydrogen-bond acceptors (Lipinski definition) is 5. The van der Waals surface area contributed by atoms with Gasteiger partial charge in [0.1, 0.15) is 5.56 Å². The number of aromatic nitrogens is 1. The van der Waals surface area contributed by atoms with Crippen molar-refractivity contribution in [3.05, 3.63) is 32.2 Å². The van der Waals surface area contributed by atoms with Gasteiger partial charge in [0.2, 0.25) is 0 Å². The number of esters is 1. The molecule has 2 heterocycles. The fourth-order valence-corrected chi connectivity index (χ4v) is 2.46. The van der Waals surface area contributed by atoms with E-state index in [-0.39, 0.29) is 18.8 Å². The molecule has 0 aliphatic heterocycles. The van der Waals surface area contributed by atoms with Gasteiger partial charge in [-0.1, -0.05) is 0 Å². The topological polar surface area (TPSA) is 79.4 Å². The van der Waals surface area contributed by atoms with Crippen LogP contribution in [0.2, 0.25) is 0 Å². The van der Waals surface area contributed by atoms with E-state index in [1.54, 1.807) is 17.7 Å². The predicted molar refractivity (Wildman–Crippen MR) is 64.3 cm³/mol. The van der Waals surface area contributed by atoms with Gasteiger partial charge in [0, 0.05) is 21.7 Å². The Hall–Kier alpha value is -1.66. The van der Waals surface area contributed by atoms with E-state index >= 15 is 0 Å². The average molecular weight is 253 g/mol. The molecular formula is C11H11NO4S. The van der Waals surface area contributed by atoms with Crippen molar-refractivity contribution in [3.8, 4) is 0 Å². The molecule has 2 aromatic rings. The van der Waals surface area contributed by atoms with Gasteiger partial charge >= 0.3 is 5.97 Å². The second kappa shape index (κ2) is 4.68. The van der Waals surface area contributed by atoms with E-state index in [4.69, 9.17) is 4.74 Å². The Labute approximate surface area is 101 Å². The highest BCUT2D eigenvalue weighted by molar-refractivity contribution is 7.09. The van der Waals surface area contributed by atoms with E-state index in [1.807, 2.05) is 0 Å². The van der Waals surface area contributed by atoms with E-state index in [9.17, 15) is 14.7 Å². The van der Waals surface area contributed by atoms with Crippen molar-refractivity contribution in [2.24, 2.45) is 0 Å². The standard InChI is InChI=1S/C11H11NO4S/c1-2-16-11(15)9-6(3-13)7-4-17-5-8(7)12-10(9)14/h4-5,13H,2-3H2,1H3,(H,12,14). The van der Waals surface area contributed by atoms with Gasteiger partial charge < -0.3 is 14.8 Å². The molecule has 0 atom stereocenters. The van der Waals surface area contributed by atoms with Crippen LogP contribution >= 0.6 is 11.3 Å². The van der Waals surface area contributed by atoms with Crippen molar-refractivity contribution < 1.29 is 14.6 Å². The molecule has 90 valence electrons. The van der Waals surface area contributed by atoms with Gasteiger partial charge in [-0.2, -0.15) is 0 Å². The summed E-state index contributed by atoms with van der Waals surface area (Å²) in [4.78, 5) is 26.0. The van der Waals surface area contributed by atoms with Gasteiger partial charge in [-0.25, -0.2) is 4.79 Å². The SMILES string of the molecule is CCOC(=O)c1c(CO)c2cscc2[nH]c1=O. The molecule has 0 bridgehead atoms. The molecule has 2 aromatic heterocycles. The van der Waals surface area contributed by atoms with Gasteiger partial charge in [0.15, 0.2) is 0 Å². The van der Waals surface area contributed by atoms with Crippen LogP contribution < -0.4 is 5.56 Å². The molecule has 0 amide bonds. The number of carbonyl (C=O) groups is 1. The first-order chi connectivity index (χ1) is 8.19. The summed E-state index contributed by atoms with van der Waals surface area (Å²) < 4.78 is 4.81. The van der Waals surface area contributed by atoms with Gasteiger partial charge in [0.25, 0.3) is 5.56 Å². The third-order valence-corrected chi connectivity index (χ3v) is 3.15. The summed E-state index contributed by atoms with van der Waals surface area (Å²) in [5.41, 5.74) is 0.305. The Morgan fingerprint density at radius 2 is 2.29 bits per heavy atom. The molecule has 0 aliphatic carbocycles. The van der Waals surface area contributed by atoms with Crippen molar-refractivity contribution in [3.63, 3.8) is 0 Å². The van der Waals surface area contributed by atoms with Gasteiger partial charge in [0.05, 0.1) is 18.7 Å². The van der Waals surface area contributed by atoms with E-state index in [0.717, 1.165) is 0 Å². The molecule has 0 aliphatic rings. The zero-order chi connectivity index (χ0) is 12.4. The van der Waals surface area contributed by atoms with Crippen LogP contribution in [0.4, 0.5) is 0 Å². The van der Waals surface area contributed by atoms with Crippen molar-refractivity contribution >= 4 is 28.2 Å².